The fourth-order valence-electron chi connectivity index (χ4n) is 2.72. The van der Waals surface area contributed by atoms with Crippen LogP contribution in [0, 0.1) is 0 Å². The van der Waals surface area contributed by atoms with Crippen molar-refractivity contribution in [1.82, 2.24) is 0 Å². The molecule has 1 heteroatoms. The normalized spacial score (nSPS) is 22.9. The summed E-state index contributed by atoms with van der Waals surface area (Å²) in [6.45, 7) is 0. The number of aliphatic imine (C=N–C) groups is 1. The number of rotatable bonds is 2. The maximum Gasteiger partial charge on any atom is 0.0813 e. The lowest BCUT2D eigenvalue weighted by molar-refractivity contribution is 0.511. The Kier molecular flexibility index (Phi) is 3.22. The first-order chi connectivity index (χ1) is 8.95. The summed E-state index contributed by atoms with van der Waals surface area (Å²) in [5, 5.41) is 0. The van der Waals surface area contributed by atoms with E-state index in [4.69, 9.17) is 4.99 Å². The minimum absolute atomic E-state index is 0.280. The fourth-order valence-corrected chi connectivity index (χ4v) is 2.72. The molecule has 0 spiro atoms. The molecule has 0 saturated heterocycles. The van der Waals surface area contributed by atoms with Gasteiger partial charge >= 0.3 is 0 Å². The van der Waals surface area contributed by atoms with Crippen LogP contribution in [-0.2, 0) is 0 Å². The molecule has 2 unspecified atom stereocenters. The highest BCUT2D eigenvalue weighted by atomic mass is 14.8. The minimum atomic E-state index is 0.280. The molecule has 1 nitrogen and oxygen atoms in total. The summed E-state index contributed by atoms with van der Waals surface area (Å²) in [7, 11) is 0. The molecule has 0 amide bonds. The first kappa shape index (κ1) is 11.2. The van der Waals surface area contributed by atoms with Crippen molar-refractivity contribution in [2.24, 2.45) is 4.99 Å². The quantitative estimate of drug-likeness (QED) is 0.732. The van der Waals surface area contributed by atoms with Crippen LogP contribution in [0.4, 0.5) is 0 Å². The van der Waals surface area contributed by atoms with Gasteiger partial charge in [0.15, 0.2) is 0 Å². The number of hydrogen-bond donors (Lipinski definition) is 0. The Hall–Kier alpha value is -1.89. The van der Waals surface area contributed by atoms with Crippen LogP contribution in [-0.4, -0.2) is 6.21 Å². The monoisotopic (exact) mass is 235 g/mol. The molecule has 2 aromatic carbocycles. The Labute approximate surface area is 108 Å². The predicted octanol–water partition coefficient (Wildman–Crippen LogP) is 4.38. The van der Waals surface area contributed by atoms with E-state index in [2.05, 4.69) is 66.9 Å². The highest BCUT2D eigenvalue weighted by Gasteiger charge is 2.25. The van der Waals surface area contributed by atoms with E-state index in [1.54, 1.807) is 0 Å². The summed E-state index contributed by atoms with van der Waals surface area (Å²) < 4.78 is 0. The van der Waals surface area contributed by atoms with Gasteiger partial charge in [-0.2, -0.15) is 0 Å². The van der Waals surface area contributed by atoms with E-state index in [9.17, 15) is 0 Å². The summed E-state index contributed by atoms with van der Waals surface area (Å²) in [6, 6.07) is 21.7. The topological polar surface area (TPSA) is 12.4 Å². The number of hydrogen-bond acceptors (Lipinski definition) is 1. The molecule has 0 fully saturated rings. The third kappa shape index (κ3) is 2.21. The van der Waals surface area contributed by atoms with Gasteiger partial charge in [0.2, 0.25) is 0 Å². The highest BCUT2D eigenvalue weighted by Crippen LogP contribution is 2.39. The molecule has 1 aliphatic rings. The van der Waals surface area contributed by atoms with Gasteiger partial charge < -0.3 is 0 Å². The van der Waals surface area contributed by atoms with E-state index < -0.39 is 0 Å². The van der Waals surface area contributed by atoms with Crippen molar-refractivity contribution in [1.29, 1.82) is 0 Å². The van der Waals surface area contributed by atoms with Crippen LogP contribution in [0.5, 0.6) is 0 Å². The predicted molar refractivity (Wildman–Crippen MR) is 76.1 cm³/mol. The average Bonchev–Trinajstić information content (AvgIpc) is 2.49. The summed E-state index contributed by atoms with van der Waals surface area (Å²) >= 11 is 0. The van der Waals surface area contributed by atoms with Gasteiger partial charge in [0.05, 0.1) is 6.04 Å². The Morgan fingerprint density at radius 1 is 0.778 bits per heavy atom. The molecule has 90 valence electrons. The van der Waals surface area contributed by atoms with E-state index in [1.165, 1.54) is 17.5 Å². The minimum Gasteiger partial charge on any atom is -0.289 e. The van der Waals surface area contributed by atoms with E-state index in [-0.39, 0.29) is 6.04 Å². The molecule has 0 aromatic heterocycles. The molecular weight excluding hydrogens is 218 g/mol. The van der Waals surface area contributed by atoms with Crippen molar-refractivity contribution in [3.8, 4) is 0 Å². The molecule has 0 N–H and O–H groups in total. The summed E-state index contributed by atoms with van der Waals surface area (Å²) in [5.41, 5.74) is 2.73. The van der Waals surface area contributed by atoms with Crippen LogP contribution in [0.3, 0.4) is 0 Å². The molecule has 0 aliphatic carbocycles. The second kappa shape index (κ2) is 5.18. The van der Waals surface area contributed by atoms with Crippen LogP contribution in [0.1, 0.15) is 35.9 Å². The Bertz CT molecular complexity index is 516. The van der Waals surface area contributed by atoms with Crippen molar-refractivity contribution in [3.05, 3.63) is 71.8 Å². The SMILES string of the molecule is C1=NC(c2ccccc2)C(c2ccccc2)CC1. The second-order valence-corrected chi connectivity index (χ2v) is 4.78. The summed E-state index contributed by atoms with van der Waals surface area (Å²) in [5.74, 6) is 0.513. The second-order valence-electron chi connectivity index (χ2n) is 4.78. The van der Waals surface area contributed by atoms with Gasteiger partial charge in [-0.25, -0.2) is 0 Å². The van der Waals surface area contributed by atoms with Gasteiger partial charge in [-0.1, -0.05) is 60.7 Å². The lowest BCUT2D eigenvalue weighted by Crippen LogP contribution is -2.14. The maximum absolute atomic E-state index is 4.73. The zero-order valence-corrected chi connectivity index (χ0v) is 10.4. The van der Waals surface area contributed by atoms with Crippen molar-refractivity contribution < 1.29 is 0 Å². The van der Waals surface area contributed by atoms with Crippen molar-refractivity contribution in [3.63, 3.8) is 0 Å². The Balaban J connectivity index is 1.96. The number of benzene rings is 2. The lowest BCUT2D eigenvalue weighted by atomic mass is 9.83. The van der Waals surface area contributed by atoms with Crippen LogP contribution >= 0.6 is 0 Å². The van der Waals surface area contributed by atoms with E-state index in [1.807, 2.05) is 0 Å². The summed E-state index contributed by atoms with van der Waals surface area (Å²) in [6.07, 6.45) is 4.35. The van der Waals surface area contributed by atoms with Gasteiger partial charge in [0.1, 0.15) is 0 Å². The van der Waals surface area contributed by atoms with Crippen LogP contribution in [0.2, 0.25) is 0 Å². The zero-order chi connectivity index (χ0) is 12.2. The van der Waals surface area contributed by atoms with Crippen molar-refractivity contribution >= 4 is 6.21 Å². The summed E-state index contributed by atoms with van der Waals surface area (Å²) in [4.78, 5) is 4.73. The van der Waals surface area contributed by atoms with Crippen LogP contribution < -0.4 is 0 Å². The fraction of sp³-hybridized carbons (Fsp3) is 0.235. The van der Waals surface area contributed by atoms with Gasteiger partial charge in [0.25, 0.3) is 0 Å². The van der Waals surface area contributed by atoms with E-state index in [0.29, 0.717) is 5.92 Å². The molecule has 18 heavy (non-hydrogen) atoms. The Morgan fingerprint density at radius 2 is 1.39 bits per heavy atom. The molecule has 0 bridgehead atoms. The van der Waals surface area contributed by atoms with E-state index in [0.717, 1.165) is 6.42 Å². The molecule has 2 atom stereocenters. The molecule has 0 radical (unpaired) electrons. The largest absolute Gasteiger partial charge is 0.289 e. The smallest absolute Gasteiger partial charge is 0.0813 e. The third-order valence-corrected chi connectivity index (χ3v) is 3.62. The molecule has 2 aromatic rings. The maximum atomic E-state index is 4.73. The molecule has 1 aliphatic heterocycles. The number of nitrogens with zero attached hydrogens (tertiary/aromatic N) is 1. The van der Waals surface area contributed by atoms with Crippen molar-refractivity contribution in [2.45, 2.75) is 24.8 Å². The van der Waals surface area contributed by atoms with Gasteiger partial charge in [-0.3, -0.25) is 4.99 Å². The van der Waals surface area contributed by atoms with Crippen LogP contribution in [0.15, 0.2) is 65.7 Å². The standard InChI is InChI=1S/C17H17N/c1-3-8-14(9-4-1)16-12-7-13-18-17(16)15-10-5-2-6-11-15/h1-6,8-11,13,16-17H,7,12H2. The first-order valence-corrected chi connectivity index (χ1v) is 6.56. The van der Waals surface area contributed by atoms with Gasteiger partial charge in [-0.05, 0) is 30.2 Å². The molecule has 3 rings (SSSR count). The molecule has 1 heterocycles. The van der Waals surface area contributed by atoms with E-state index >= 15 is 0 Å². The lowest BCUT2D eigenvalue weighted by Gasteiger charge is -2.27. The van der Waals surface area contributed by atoms with Gasteiger partial charge in [0, 0.05) is 5.92 Å². The van der Waals surface area contributed by atoms with Gasteiger partial charge in [-0.15, -0.1) is 0 Å². The third-order valence-electron chi connectivity index (χ3n) is 3.62. The molecule has 0 saturated carbocycles. The Morgan fingerprint density at radius 3 is 2.06 bits per heavy atom. The molecular formula is C17H17N. The zero-order valence-electron chi connectivity index (χ0n) is 10.4. The van der Waals surface area contributed by atoms with Crippen molar-refractivity contribution in [2.75, 3.05) is 0 Å². The highest BCUT2D eigenvalue weighted by molar-refractivity contribution is 5.59. The van der Waals surface area contributed by atoms with Crippen LogP contribution in [0.25, 0.3) is 0 Å². The average molecular weight is 235 g/mol. The first-order valence-electron chi connectivity index (χ1n) is 6.56.